The summed E-state index contributed by atoms with van der Waals surface area (Å²) in [4.78, 5) is 20.9. The van der Waals surface area contributed by atoms with E-state index < -0.39 is 16.6 Å². The first-order chi connectivity index (χ1) is 9.06. The van der Waals surface area contributed by atoms with Gasteiger partial charge in [0, 0.05) is 32.0 Å². The number of nitrogens with zero attached hydrogens (tertiary/aromatic N) is 1. The normalized spacial score (nSPS) is 10.2. The fraction of sp³-hybridized carbons (Fsp3) is 0.417. The lowest BCUT2D eigenvalue weighted by molar-refractivity contribution is -0.385. The minimum Gasteiger partial charge on any atom is -0.477 e. The van der Waals surface area contributed by atoms with Gasteiger partial charge in [-0.25, -0.2) is 4.79 Å². The van der Waals surface area contributed by atoms with E-state index in [0.717, 1.165) is 12.8 Å². The monoisotopic (exact) mass is 268 g/mol. The Balaban J connectivity index is 2.68. The molecule has 1 aromatic carbocycles. The largest absolute Gasteiger partial charge is 0.477 e. The smallest absolute Gasteiger partial charge is 0.342 e. The minimum absolute atomic E-state index is 0.310. The van der Waals surface area contributed by atoms with Crippen LogP contribution in [0.1, 0.15) is 23.2 Å². The fourth-order valence-corrected chi connectivity index (χ4v) is 1.58. The Morgan fingerprint density at radius 3 is 2.79 bits per heavy atom. The molecular weight excluding hydrogens is 252 g/mol. The third-order valence-electron chi connectivity index (χ3n) is 2.53. The average molecular weight is 268 g/mol. The number of rotatable bonds is 8. The van der Waals surface area contributed by atoms with Crippen LogP contribution in [0.25, 0.3) is 0 Å². The quantitative estimate of drug-likeness (QED) is 0.425. The number of nitro groups is 1. The molecule has 0 radical (unpaired) electrons. The third kappa shape index (κ3) is 4.55. The van der Waals surface area contributed by atoms with E-state index in [9.17, 15) is 14.9 Å². The van der Waals surface area contributed by atoms with Crippen LogP contribution in [0.5, 0.6) is 0 Å². The summed E-state index contributed by atoms with van der Waals surface area (Å²) in [7, 11) is 1.63. The lowest BCUT2D eigenvalue weighted by Crippen LogP contribution is -2.06. The number of hydrogen-bond acceptors (Lipinski definition) is 5. The van der Waals surface area contributed by atoms with Crippen LogP contribution < -0.4 is 5.32 Å². The van der Waals surface area contributed by atoms with Gasteiger partial charge in [0.1, 0.15) is 5.56 Å². The molecule has 0 fully saturated rings. The van der Waals surface area contributed by atoms with Crippen molar-refractivity contribution in [2.24, 2.45) is 0 Å². The highest BCUT2D eigenvalue weighted by molar-refractivity contribution is 5.93. The van der Waals surface area contributed by atoms with Crippen molar-refractivity contribution in [3.05, 3.63) is 33.9 Å². The van der Waals surface area contributed by atoms with Crippen LogP contribution in [0.2, 0.25) is 0 Å². The number of carboxylic acids is 1. The average Bonchev–Trinajstić information content (AvgIpc) is 2.38. The van der Waals surface area contributed by atoms with Gasteiger partial charge in [-0.2, -0.15) is 0 Å². The summed E-state index contributed by atoms with van der Waals surface area (Å²) in [6, 6.07) is 3.99. The summed E-state index contributed by atoms with van der Waals surface area (Å²) >= 11 is 0. The van der Waals surface area contributed by atoms with Crippen LogP contribution in [-0.2, 0) is 4.74 Å². The molecule has 0 atom stereocenters. The molecule has 0 heterocycles. The summed E-state index contributed by atoms with van der Waals surface area (Å²) in [5.41, 5.74) is -0.182. The Kier molecular flexibility index (Phi) is 5.74. The standard InChI is InChI=1S/C12H16N2O5/c1-19-7-3-2-6-13-9-4-5-10(12(15)16)11(8-9)14(17)18/h4-5,8,13H,2-3,6-7H2,1H3,(H,15,16). The number of ether oxygens (including phenoxy) is 1. The number of carbonyl (C=O) groups is 1. The number of nitrogens with one attached hydrogen (secondary N) is 1. The lowest BCUT2D eigenvalue weighted by atomic mass is 10.1. The predicted octanol–water partition coefficient (Wildman–Crippen LogP) is 2.13. The van der Waals surface area contributed by atoms with Crippen molar-refractivity contribution in [3.8, 4) is 0 Å². The van der Waals surface area contributed by atoms with E-state index in [0.29, 0.717) is 18.8 Å². The van der Waals surface area contributed by atoms with Crippen molar-refractivity contribution in [2.75, 3.05) is 25.6 Å². The van der Waals surface area contributed by atoms with Crippen LogP contribution in [0, 0.1) is 10.1 Å². The first-order valence-corrected chi connectivity index (χ1v) is 5.80. The highest BCUT2D eigenvalue weighted by Crippen LogP contribution is 2.23. The number of unbranched alkanes of at least 4 members (excludes halogenated alkanes) is 1. The van der Waals surface area contributed by atoms with Crippen molar-refractivity contribution < 1.29 is 19.6 Å². The molecule has 7 heteroatoms. The number of aromatic carboxylic acids is 1. The molecule has 0 amide bonds. The number of carboxylic acid groups (broad SMARTS) is 1. The molecule has 1 aromatic rings. The zero-order valence-electron chi connectivity index (χ0n) is 10.6. The second-order valence-corrected chi connectivity index (χ2v) is 3.92. The molecular formula is C12H16N2O5. The van der Waals surface area contributed by atoms with E-state index in [4.69, 9.17) is 9.84 Å². The van der Waals surface area contributed by atoms with Crippen molar-refractivity contribution in [2.45, 2.75) is 12.8 Å². The van der Waals surface area contributed by atoms with E-state index in [1.807, 2.05) is 0 Å². The Hall–Kier alpha value is -2.15. The molecule has 0 aromatic heterocycles. The van der Waals surface area contributed by atoms with Crippen molar-refractivity contribution in [1.82, 2.24) is 0 Å². The first kappa shape index (κ1) is 14.9. The SMILES string of the molecule is COCCCCNc1ccc(C(=O)O)c([N+](=O)[O-])c1. The summed E-state index contributed by atoms with van der Waals surface area (Å²) in [6.07, 6.45) is 1.75. The van der Waals surface area contributed by atoms with Crippen molar-refractivity contribution in [3.63, 3.8) is 0 Å². The highest BCUT2D eigenvalue weighted by Gasteiger charge is 2.19. The van der Waals surface area contributed by atoms with Crippen LogP contribution in [0.4, 0.5) is 11.4 Å². The maximum absolute atomic E-state index is 10.8. The molecule has 19 heavy (non-hydrogen) atoms. The molecule has 7 nitrogen and oxygen atoms in total. The summed E-state index contributed by atoms with van der Waals surface area (Å²) in [5.74, 6) is -1.31. The Bertz CT molecular complexity index is 461. The van der Waals surface area contributed by atoms with Crippen LogP contribution >= 0.6 is 0 Å². The van der Waals surface area contributed by atoms with Gasteiger partial charge >= 0.3 is 5.97 Å². The van der Waals surface area contributed by atoms with E-state index >= 15 is 0 Å². The van der Waals surface area contributed by atoms with E-state index in [1.165, 1.54) is 18.2 Å². The molecule has 0 aliphatic heterocycles. The number of methoxy groups -OCH3 is 1. The van der Waals surface area contributed by atoms with Crippen molar-refractivity contribution in [1.29, 1.82) is 0 Å². The molecule has 1 rings (SSSR count). The van der Waals surface area contributed by atoms with Gasteiger partial charge in [0.15, 0.2) is 0 Å². The van der Waals surface area contributed by atoms with Crippen molar-refractivity contribution >= 4 is 17.3 Å². The fourth-order valence-electron chi connectivity index (χ4n) is 1.58. The van der Waals surface area contributed by atoms with Crippen LogP contribution in [0.15, 0.2) is 18.2 Å². The zero-order chi connectivity index (χ0) is 14.3. The van der Waals surface area contributed by atoms with Crippen LogP contribution in [0.3, 0.4) is 0 Å². The van der Waals surface area contributed by atoms with Gasteiger partial charge in [-0.1, -0.05) is 0 Å². The number of benzene rings is 1. The molecule has 0 aliphatic carbocycles. The maximum Gasteiger partial charge on any atom is 0.342 e. The lowest BCUT2D eigenvalue weighted by Gasteiger charge is -2.07. The minimum atomic E-state index is -1.31. The number of anilines is 1. The second kappa shape index (κ2) is 7.32. The molecule has 0 bridgehead atoms. The van der Waals surface area contributed by atoms with Crippen LogP contribution in [-0.4, -0.2) is 36.3 Å². The van der Waals surface area contributed by atoms with E-state index in [1.54, 1.807) is 7.11 Å². The molecule has 2 N–H and O–H groups in total. The Morgan fingerprint density at radius 2 is 2.21 bits per heavy atom. The van der Waals surface area contributed by atoms with E-state index in [2.05, 4.69) is 5.32 Å². The van der Waals surface area contributed by atoms with Gasteiger partial charge in [0.25, 0.3) is 5.69 Å². The summed E-state index contributed by atoms with van der Waals surface area (Å²) in [5, 5.41) is 22.6. The number of hydrogen-bond donors (Lipinski definition) is 2. The Morgan fingerprint density at radius 1 is 1.47 bits per heavy atom. The van der Waals surface area contributed by atoms with Gasteiger partial charge in [0.05, 0.1) is 4.92 Å². The van der Waals surface area contributed by atoms with Gasteiger partial charge in [-0.3, -0.25) is 10.1 Å². The molecule has 0 spiro atoms. The summed E-state index contributed by atoms with van der Waals surface area (Å²) in [6.45, 7) is 1.31. The zero-order valence-corrected chi connectivity index (χ0v) is 10.6. The third-order valence-corrected chi connectivity index (χ3v) is 2.53. The van der Waals surface area contributed by atoms with Gasteiger partial charge < -0.3 is 15.2 Å². The summed E-state index contributed by atoms with van der Waals surface area (Å²) < 4.78 is 4.90. The molecule has 0 unspecified atom stereocenters. The topological polar surface area (TPSA) is 102 Å². The molecule has 0 saturated carbocycles. The van der Waals surface area contributed by atoms with Gasteiger partial charge in [-0.15, -0.1) is 0 Å². The second-order valence-electron chi connectivity index (χ2n) is 3.92. The molecule has 0 saturated heterocycles. The Labute approximate surface area is 110 Å². The molecule has 0 aliphatic rings. The molecule has 104 valence electrons. The van der Waals surface area contributed by atoms with Gasteiger partial charge in [0.2, 0.25) is 0 Å². The predicted molar refractivity (Wildman–Crippen MR) is 69.7 cm³/mol. The van der Waals surface area contributed by atoms with E-state index in [-0.39, 0.29) is 5.56 Å². The number of nitro benzene ring substituents is 1. The first-order valence-electron chi connectivity index (χ1n) is 5.80. The van der Waals surface area contributed by atoms with Gasteiger partial charge in [-0.05, 0) is 25.0 Å². The maximum atomic E-state index is 10.8. The highest BCUT2D eigenvalue weighted by atomic mass is 16.6.